The normalized spacial score (nSPS) is 10.7. The van der Waals surface area contributed by atoms with Crippen molar-refractivity contribution in [1.29, 1.82) is 0 Å². The van der Waals surface area contributed by atoms with E-state index in [1.807, 2.05) is 36.3 Å². The van der Waals surface area contributed by atoms with Crippen LogP contribution in [-0.4, -0.2) is 27.9 Å². The second-order valence-electron chi connectivity index (χ2n) is 5.70. The van der Waals surface area contributed by atoms with Gasteiger partial charge in [0.15, 0.2) is 0 Å². The van der Waals surface area contributed by atoms with Crippen LogP contribution in [0.25, 0.3) is 0 Å². The number of carboxylic acid groups (broad SMARTS) is 1. The van der Waals surface area contributed by atoms with Gasteiger partial charge in [-0.05, 0) is 49.4 Å². The van der Waals surface area contributed by atoms with E-state index in [2.05, 4.69) is 0 Å². The monoisotopic (exact) mass is 331 g/mol. The molecule has 0 fully saturated rings. The third kappa shape index (κ3) is 4.93. The Hall–Kier alpha value is -2.14. The van der Waals surface area contributed by atoms with Gasteiger partial charge in [-0.1, -0.05) is 18.2 Å². The van der Waals surface area contributed by atoms with Crippen LogP contribution in [0.4, 0.5) is 0 Å². The lowest BCUT2D eigenvalue weighted by Gasteiger charge is -2.26. The predicted octanol–water partition coefficient (Wildman–Crippen LogP) is 3.82. The van der Waals surface area contributed by atoms with Crippen LogP contribution in [0.2, 0.25) is 0 Å². The highest BCUT2D eigenvalue weighted by Gasteiger charge is 2.17. The second-order valence-corrected chi connectivity index (χ2v) is 6.73. The molecule has 0 radical (unpaired) electrons. The summed E-state index contributed by atoms with van der Waals surface area (Å²) in [6.45, 7) is 4.69. The van der Waals surface area contributed by atoms with E-state index in [0.717, 1.165) is 5.56 Å². The lowest BCUT2D eigenvalue weighted by atomic mass is 10.1. The number of carbonyl (C=O) groups is 2. The molecule has 1 aromatic carbocycles. The maximum absolute atomic E-state index is 12.5. The Kier molecular flexibility index (Phi) is 5.93. The van der Waals surface area contributed by atoms with Crippen molar-refractivity contribution in [2.45, 2.75) is 39.3 Å². The minimum absolute atomic E-state index is 0.121. The standard InChI is InChI=1S/C18H21NO3S/c1-13(2)19(12-16-4-3-11-23-16)17(20)10-7-14-5-8-15(9-6-14)18(21)22/h3-6,8-9,11,13H,7,10,12H2,1-2H3,(H,21,22). The minimum Gasteiger partial charge on any atom is -0.478 e. The molecule has 2 rings (SSSR count). The van der Waals surface area contributed by atoms with Gasteiger partial charge in [0, 0.05) is 17.3 Å². The zero-order valence-corrected chi connectivity index (χ0v) is 14.2. The lowest BCUT2D eigenvalue weighted by Crippen LogP contribution is -2.36. The predicted molar refractivity (Wildman–Crippen MR) is 91.7 cm³/mol. The molecule has 23 heavy (non-hydrogen) atoms. The molecule has 0 spiro atoms. The molecule has 1 aromatic heterocycles. The summed E-state index contributed by atoms with van der Waals surface area (Å²) in [5.74, 6) is -0.815. The van der Waals surface area contributed by atoms with Crippen LogP contribution in [0.3, 0.4) is 0 Å². The van der Waals surface area contributed by atoms with Gasteiger partial charge in [0.2, 0.25) is 5.91 Å². The summed E-state index contributed by atoms with van der Waals surface area (Å²) in [4.78, 5) is 26.4. The molecule has 0 aliphatic carbocycles. The fourth-order valence-corrected chi connectivity index (χ4v) is 3.04. The van der Waals surface area contributed by atoms with Crippen molar-refractivity contribution in [2.75, 3.05) is 0 Å². The molecule has 0 aliphatic heterocycles. The molecule has 0 aliphatic rings. The summed E-state index contributed by atoms with van der Waals surface area (Å²) in [5, 5.41) is 10.9. The number of thiophene rings is 1. The Labute approximate surface area is 140 Å². The first-order valence-corrected chi connectivity index (χ1v) is 8.49. The number of nitrogens with zero attached hydrogens (tertiary/aromatic N) is 1. The second kappa shape index (κ2) is 7.92. The highest BCUT2D eigenvalue weighted by atomic mass is 32.1. The van der Waals surface area contributed by atoms with Crippen LogP contribution in [0.15, 0.2) is 41.8 Å². The maximum atomic E-state index is 12.5. The number of carbonyl (C=O) groups excluding carboxylic acids is 1. The van der Waals surface area contributed by atoms with E-state index >= 15 is 0 Å². The van der Waals surface area contributed by atoms with Gasteiger partial charge in [0.1, 0.15) is 0 Å². The Morgan fingerprint density at radius 3 is 2.39 bits per heavy atom. The first kappa shape index (κ1) is 17.2. The highest BCUT2D eigenvalue weighted by Crippen LogP contribution is 2.16. The molecule has 4 nitrogen and oxygen atoms in total. The third-order valence-corrected chi connectivity index (χ3v) is 4.54. The molecule has 0 atom stereocenters. The van der Waals surface area contributed by atoms with E-state index in [9.17, 15) is 9.59 Å². The van der Waals surface area contributed by atoms with Gasteiger partial charge in [0.05, 0.1) is 12.1 Å². The van der Waals surface area contributed by atoms with Gasteiger partial charge in [-0.2, -0.15) is 0 Å². The molecule has 122 valence electrons. The largest absolute Gasteiger partial charge is 0.478 e. The van der Waals surface area contributed by atoms with Crippen LogP contribution in [-0.2, 0) is 17.8 Å². The smallest absolute Gasteiger partial charge is 0.335 e. The summed E-state index contributed by atoms with van der Waals surface area (Å²) in [6, 6.07) is 10.9. The SMILES string of the molecule is CC(C)N(Cc1cccs1)C(=O)CCc1ccc(C(=O)O)cc1. The third-order valence-electron chi connectivity index (χ3n) is 3.68. The average molecular weight is 331 g/mol. The summed E-state index contributed by atoms with van der Waals surface area (Å²) < 4.78 is 0. The fraction of sp³-hybridized carbons (Fsp3) is 0.333. The van der Waals surface area contributed by atoms with Crippen LogP contribution < -0.4 is 0 Å². The van der Waals surface area contributed by atoms with E-state index in [4.69, 9.17) is 5.11 Å². The molecule has 2 aromatic rings. The molecular formula is C18H21NO3S. The van der Waals surface area contributed by atoms with Crippen molar-refractivity contribution >= 4 is 23.2 Å². The van der Waals surface area contributed by atoms with Crippen molar-refractivity contribution in [1.82, 2.24) is 4.90 Å². The number of carboxylic acids is 1. The van der Waals surface area contributed by atoms with Crippen molar-refractivity contribution in [3.63, 3.8) is 0 Å². The molecule has 1 heterocycles. The van der Waals surface area contributed by atoms with Gasteiger partial charge in [-0.25, -0.2) is 4.79 Å². The molecule has 0 bridgehead atoms. The molecule has 0 saturated carbocycles. The number of aromatic carboxylic acids is 1. The van der Waals surface area contributed by atoms with Crippen LogP contribution in [0, 0.1) is 0 Å². The van der Waals surface area contributed by atoms with E-state index < -0.39 is 5.97 Å². The van der Waals surface area contributed by atoms with Gasteiger partial charge in [-0.3, -0.25) is 4.79 Å². The Bertz CT molecular complexity index is 647. The quantitative estimate of drug-likeness (QED) is 0.839. The molecule has 5 heteroatoms. The molecular weight excluding hydrogens is 310 g/mol. The first-order valence-electron chi connectivity index (χ1n) is 7.61. The first-order chi connectivity index (χ1) is 11.0. The van der Waals surface area contributed by atoms with Crippen molar-refractivity contribution in [2.24, 2.45) is 0 Å². The zero-order chi connectivity index (χ0) is 16.8. The maximum Gasteiger partial charge on any atom is 0.335 e. The van der Waals surface area contributed by atoms with E-state index in [0.29, 0.717) is 19.4 Å². The molecule has 0 saturated heterocycles. The topological polar surface area (TPSA) is 57.6 Å². The highest BCUT2D eigenvalue weighted by molar-refractivity contribution is 7.09. The molecule has 1 amide bonds. The van der Waals surface area contributed by atoms with E-state index in [1.54, 1.807) is 35.6 Å². The Morgan fingerprint density at radius 2 is 1.87 bits per heavy atom. The van der Waals surface area contributed by atoms with Crippen molar-refractivity contribution in [3.05, 3.63) is 57.8 Å². The number of hydrogen-bond acceptors (Lipinski definition) is 3. The Balaban J connectivity index is 1.94. The summed E-state index contributed by atoms with van der Waals surface area (Å²) in [5.41, 5.74) is 1.24. The number of aryl methyl sites for hydroxylation is 1. The van der Waals surface area contributed by atoms with Crippen LogP contribution in [0.5, 0.6) is 0 Å². The van der Waals surface area contributed by atoms with E-state index in [-0.39, 0.29) is 17.5 Å². The number of hydrogen-bond donors (Lipinski definition) is 1. The van der Waals surface area contributed by atoms with Crippen LogP contribution in [0.1, 0.15) is 41.1 Å². The van der Waals surface area contributed by atoms with Gasteiger partial charge < -0.3 is 10.0 Å². The van der Waals surface area contributed by atoms with Crippen molar-refractivity contribution < 1.29 is 14.7 Å². The molecule has 0 unspecified atom stereocenters. The number of amides is 1. The van der Waals surface area contributed by atoms with Crippen molar-refractivity contribution in [3.8, 4) is 0 Å². The van der Waals surface area contributed by atoms with Gasteiger partial charge >= 0.3 is 5.97 Å². The number of benzene rings is 1. The summed E-state index contributed by atoms with van der Waals surface area (Å²) in [6.07, 6.45) is 1.04. The van der Waals surface area contributed by atoms with Crippen LogP contribution >= 0.6 is 11.3 Å². The molecule has 1 N–H and O–H groups in total. The zero-order valence-electron chi connectivity index (χ0n) is 13.4. The Morgan fingerprint density at radius 1 is 1.17 bits per heavy atom. The minimum atomic E-state index is -0.936. The average Bonchev–Trinajstić information content (AvgIpc) is 3.03. The van der Waals surface area contributed by atoms with E-state index in [1.165, 1.54) is 4.88 Å². The lowest BCUT2D eigenvalue weighted by molar-refractivity contribution is -0.133. The summed E-state index contributed by atoms with van der Waals surface area (Å²) in [7, 11) is 0. The fourth-order valence-electron chi connectivity index (χ4n) is 2.34. The summed E-state index contributed by atoms with van der Waals surface area (Å²) >= 11 is 1.66. The van der Waals surface area contributed by atoms with Gasteiger partial charge in [0.25, 0.3) is 0 Å². The number of rotatable bonds is 7. The van der Waals surface area contributed by atoms with Gasteiger partial charge in [-0.15, -0.1) is 11.3 Å².